The number of aromatic nitrogens is 1. The third-order valence-electron chi connectivity index (χ3n) is 2.56. The Labute approximate surface area is 99.5 Å². The van der Waals surface area contributed by atoms with Crippen LogP contribution in [0.2, 0.25) is 5.02 Å². The topological polar surface area (TPSA) is 33.1 Å². The van der Waals surface area contributed by atoms with E-state index in [1.165, 1.54) is 0 Å². The quantitative estimate of drug-likeness (QED) is 0.865. The lowest BCUT2D eigenvalue weighted by Crippen LogP contribution is -2.02. The number of aryl methyl sites for hydroxylation is 1. The first kappa shape index (κ1) is 11.1. The Morgan fingerprint density at radius 2 is 1.88 bits per heavy atom. The first-order valence-electron chi connectivity index (χ1n) is 5.02. The Kier molecular flexibility index (Phi) is 3.22. The zero-order valence-electron chi connectivity index (χ0n) is 8.89. The van der Waals surface area contributed by atoms with Crippen LogP contribution in [0.25, 0.3) is 0 Å². The van der Waals surface area contributed by atoms with E-state index in [1.807, 2.05) is 25.1 Å². The Morgan fingerprint density at radius 3 is 2.50 bits per heavy atom. The van der Waals surface area contributed by atoms with Gasteiger partial charge in [0.05, 0.1) is 0 Å². The van der Waals surface area contributed by atoms with E-state index in [9.17, 15) is 5.11 Å². The summed E-state index contributed by atoms with van der Waals surface area (Å²) in [6.45, 7) is 1.95. The minimum Gasteiger partial charge on any atom is -0.384 e. The summed E-state index contributed by atoms with van der Waals surface area (Å²) in [5.74, 6) is 0. The summed E-state index contributed by atoms with van der Waals surface area (Å²) in [6.07, 6.45) is 2.76. The highest BCUT2D eigenvalue weighted by Crippen LogP contribution is 2.24. The van der Waals surface area contributed by atoms with Gasteiger partial charge in [-0.25, -0.2) is 0 Å². The molecule has 0 bridgehead atoms. The molecule has 1 N–H and O–H groups in total. The van der Waals surface area contributed by atoms with Crippen molar-refractivity contribution in [2.45, 2.75) is 13.0 Å². The monoisotopic (exact) mass is 233 g/mol. The summed E-state index contributed by atoms with van der Waals surface area (Å²) in [5, 5.41) is 10.8. The summed E-state index contributed by atoms with van der Waals surface area (Å²) in [6, 6.07) is 9.06. The fourth-order valence-electron chi connectivity index (χ4n) is 1.59. The molecule has 1 aromatic carbocycles. The fraction of sp³-hybridized carbons (Fsp3) is 0.154. The third kappa shape index (κ3) is 2.23. The molecule has 0 spiro atoms. The van der Waals surface area contributed by atoms with Crippen molar-refractivity contribution in [2.24, 2.45) is 0 Å². The lowest BCUT2D eigenvalue weighted by atomic mass is 10.00. The van der Waals surface area contributed by atoms with Crippen LogP contribution in [0.1, 0.15) is 22.8 Å². The van der Waals surface area contributed by atoms with Crippen molar-refractivity contribution < 1.29 is 5.11 Å². The second kappa shape index (κ2) is 4.64. The van der Waals surface area contributed by atoms with Crippen LogP contribution in [0.3, 0.4) is 0 Å². The molecule has 1 atom stereocenters. The molecule has 82 valence electrons. The highest BCUT2D eigenvalue weighted by molar-refractivity contribution is 6.30. The van der Waals surface area contributed by atoms with E-state index >= 15 is 0 Å². The van der Waals surface area contributed by atoms with Gasteiger partial charge in [-0.3, -0.25) is 4.98 Å². The van der Waals surface area contributed by atoms with E-state index in [1.54, 1.807) is 24.5 Å². The normalized spacial score (nSPS) is 12.4. The first-order chi connectivity index (χ1) is 7.68. The molecular formula is C13H12ClNO. The number of aliphatic hydroxyl groups is 1. The lowest BCUT2D eigenvalue weighted by molar-refractivity contribution is 0.219. The second-order valence-corrected chi connectivity index (χ2v) is 4.12. The van der Waals surface area contributed by atoms with Crippen LogP contribution in [-0.4, -0.2) is 10.1 Å². The molecule has 0 aliphatic carbocycles. The summed E-state index contributed by atoms with van der Waals surface area (Å²) in [4.78, 5) is 4.02. The minimum atomic E-state index is -0.647. The molecule has 1 aromatic heterocycles. The maximum absolute atomic E-state index is 10.2. The van der Waals surface area contributed by atoms with Crippen LogP contribution in [0.5, 0.6) is 0 Å². The molecule has 0 amide bonds. The van der Waals surface area contributed by atoms with Crippen molar-refractivity contribution in [1.29, 1.82) is 0 Å². The molecule has 2 aromatic rings. The average molecular weight is 234 g/mol. The predicted molar refractivity (Wildman–Crippen MR) is 64.5 cm³/mol. The van der Waals surface area contributed by atoms with Crippen molar-refractivity contribution in [3.63, 3.8) is 0 Å². The van der Waals surface area contributed by atoms with E-state index in [-0.39, 0.29) is 0 Å². The number of aliphatic hydroxyl groups excluding tert-OH is 1. The molecule has 0 saturated carbocycles. The standard InChI is InChI=1S/C13H12ClNO/c1-9-6-7-15-8-12(9)13(16)10-2-4-11(14)5-3-10/h2-8,13,16H,1H3. The van der Waals surface area contributed by atoms with Gasteiger partial charge in [0.2, 0.25) is 0 Å². The highest BCUT2D eigenvalue weighted by Gasteiger charge is 2.12. The van der Waals surface area contributed by atoms with Gasteiger partial charge < -0.3 is 5.11 Å². The van der Waals surface area contributed by atoms with Crippen LogP contribution in [0.4, 0.5) is 0 Å². The van der Waals surface area contributed by atoms with Gasteiger partial charge in [0.1, 0.15) is 6.10 Å². The zero-order valence-corrected chi connectivity index (χ0v) is 9.65. The van der Waals surface area contributed by atoms with Gasteiger partial charge in [-0.05, 0) is 36.2 Å². The van der Waals surface area contributed by atoms with E-state index in [4.69, 9.17) is 11.6 Å². The lowest BCUT2D eigenvalue weighted by Gasteiger charge is -2.13. The Balaban J connectivity index is 2.35. The summed E-state index contributed by atoms with van der Waals surface area (Å²) in [7, 11) is 0. The van der Waals surface area contributed by atoms with Gasteiger partial charge in [0, 0.05) is 23.0 Å². The molecule has 0 saturated heterocycles. The summed E-state index contributed by atoms with van der Waals surface area (Å²) in [5.41, 5.74) is 2.67. The third-order valence-corrected chi connectivity index (χ3v) is 2.81. The number of pyridine rings is 1. The highest BCUT2D eigenvalue weighted by atomic mass is 35.5. The van der Waals surface area contributed by atoms with E-state index in [0.717, 1.165) is 16.7 Å². The molecule has 16 heavy (non-hydrogen) atoms. The molecule has 2 nitrogen and oxygen atoms in total. The van der Waals surface area contributed by atoms with Gasteiger partial charge in [-0.2, -0.15) is 0 Å². The van der Waals surface area contributed by atoms with Crippen LogP contribution in [0.15, 0.2) is 42.7 Å². The van der Waals surface area contributed by atoms with E-state index < -0.39 is 6.10 Å². The van der Waals surface area contributed by atoms with Crippen molar-refractivity contribution in [1.82, 2.24) is 4.98 Å². The Bertz CT molecular complexity index is 482. The largest absolute Gasteiger partial charge is 0.384 e. The van der Waals surface area contributed by atoms with Gasteiger partial charge in [-0.15, -0.1) is 0 Å². The van der Waals surface area contributed by atoms with Crippen LogP contribution in [0, 0.1) is 6.92 Å². The van der Waals surface area contributed by atoms with Crippen molar-refractivity contribution >= 4 is 11.6 Å². The summed E-state index contributed by atoms with van der Waals surface area (Å²) < 4.78 is 0. The number of nitrogens with zero attached hydrogens (tertiary/aromatic N) is 1. The van der Waals surface area contributed by atoms with E-state index in [0.29, 0.717) is 5.02 Å². The molecule has 0 aliphatic heterocycles. The fourth-order valence-corrected chi connectivity index (χ4v) is 1.71. The number of halogens is 1. The number of benzene rings is 1. The molecule has 0 radical (unpaired) electrons. The molecule has 0 fully saturated rings. The maximum Gasteiger partial charge on any atom is 0.106 e. The van der Waals surface area contributed by atoms with Gasteiger partial charge in [-0.1, -0.05) is 23.7 Å². The molecule has 1 unspecified atom stereocenters. The molecular weight excluding hydrogens is 222 g/mol. The molecule has 3 heteroatoms. The second-order valence-electron chi connectivity index (χ2n) is 3.69. The van der Waals surface area contributed by atoms with Crippen LogP contribution < -0.4 is 0 Å². The zero-order chi connectivity index (χ0) is 11.5. The Morgan fingerprint density at radius 1 is 1.19 bits per heavy atom. The van der Waals surface area contributed by atoms with Gasteiger partial charge in [0.25, 0.3) is 0 Å². The van der Waals surface area contributed by atoms with Crippen LogP contribution in [-0.2, 0) is 0 Å². The van der Waals surface area contributed by atoms with Gasteiger partial charge in [0.15, 0.2) is 0 Å². The average Bonchev–Trinajstić information content (AvgIpc) is 2.30. The number of hydrogen-bond donors (Lipinski definition) is 1. The maximum atomic E-state index is 10.2. The molecule has 2 rings (SSSR count). The number of hydrogen-bond acceptors (Lipinski definition) is 2. The van der Waals surface area contributed by atoms with Gasteiger partial charge >= 0.3 is 0 Å². The van der Waals surface area contributed by atoms with Crippen molar-refractivity contribution in [3.05, 3.63) is 64.4 Å². The Hall–Kier alpha value is -1.38. The number of rotatable bonds is 2. The van der Waals surface area contributed by atoms with E-state index in [2.05, 4.69) is 4.98 Å². The predicted octanol–water partition coefficient (Wildman–Crippen LogP) is 3.13. The SMILES string of the molecule is Cc1ccncc1C(O)c1ccc(Cl)cc1. The van der Waals surface area contributed by atoms with Crippen molar-refractivity contribution in [2.75, 3.05) is 0 Å². The minimum absolute atomic E-state index is 0.647. The summed E-state index contributed by atoms with van der Waals surface area (Å²) >= 11 is 5.80. The van der Waals surface area contributed by atoms with Crippen LogP contribution >= 0.6 is 11.6 Å². The van der Waals surface area contributed by atoms with Crippen molar-refractivity contribution in [3.8, 4) is 0 Å². The molecule has 0 aliphatic rings. The molecule has 1 heterocycles. The first-order valence-corrected chi connectivity index (χ1v) is 5.40. The smallest absolute Gasteiger partial charge is 0.106 e.